The van der Waals surface area contributed by atoms with E-state index in [0.717, 1.165) is 0 Å². The molecule has 1 heterocycles. The molecule has 9 heteroatoms. The van der Waals surface area contributed by atoms with Crippen LogP contribution in [0.25, 0.3) is 0 Å². The Morgan fingerprint density at radius 2 is 1.68 bits per heavy atom. The van der Waals surface area contributed by atoms with Crippen molar-refractivity contribution in [2.45, 2.75) is 19.9 Å². The first kappa shape index (κ1) is 22.6. The average molecular weight is 444 g/mol. The molecule has 0 unspecified atom stereocenters. The second-order valence-electron chi connectivity index (χ2n) is 7.27. The standard InChI is InChI=1S/C22H25N3O5S/c1-3-31(29,30)24(2)13-7-12-23-20(26)17-9-6-8-16(14-17)15-25-21(27)18-10-4-5-11-19(18)22(25)28/h4-6,8-11,14H,3,7,12-13,15H2,1-2H3,(H,23,26). The van der Waals surface area contributed by atoms with Gasteiger partial charge in [-0.3, -0.25) is 19.3 Å². The first-order valence-corrected chi connectivity index (χ1v) is 11.6. The van der Waals surface area contributed by atoms with Gasteiger partial charge in [0.05, 0.1) is 23.4 Å². The van der Waals surface area contributed by atoms with Crippen LogP contribution in [0.2, 0.25) is 0 Å². The zero-order chi connectivity index (χ0) is 22.6. The molecule has 0 spiro atoms. The van der Waals surface area contributed by atoms with Gasteiger partial charge in [0.2, 0.25) is 10.0 Å². The number of imide groups is 1. The molecular formula is C22H25N3O5S. The molecule has 0 bridgehead atoms. The van der Waals surface area contributed by atoms with E-state index in [4.69, 9.17) is 0 Å². The fourth-order valence-electron chi connectivity index (χ4n) is 3.34. The van der Waals surface area contributed by atoms with Gasteiger partial charge in [-0.25, -0.2) is 12.7 Å². The first-order valence-electron chi connectivity index (χ1n) is 10.0. The predicted molar refractivity (Wildman–Crippen MR) is 116 cm³/mol. The molecular weight excluding hydrogens is 418 g/mol. The molecule has 0 saturated carbocycles. The van der Waals surface area contributed by atoms with Gasteiger partial charge in [0.25, 0.3) is 17.7 Å². The van der Waals surface area contributed by atoms with Gasteiger partial charge in [-0.1, -0.05) is 24.3 Å². The van der Waals surface area contributed by atoms with Gasteiger partial charge < -0.3 is 5.32 Å². The minimum absolute atomic E-state index is 0.0375. The van der Waals surface area contributed by atoms with Crippen LogP contribution in [-0.4, -0.2) is 61.2 Å². The maximum Gasteiger partial charge on any atom is 0.261 e. The number of sulfonamides is 1. The van der Waals surface area contributed by atoms with E-state index in [1.165, 1.54) is 16.3 Å². The lowest BCUT2D eigenvalue weighted by Crippen LogP contribution is -2.32. The number of carbonyl (C=O) groups excluding carboxylic acids is 3. The fraction of sp³-hybridized carbons (Fsp3) is 0.318. The maximum atomic E-state index is 12.5. The number of fused-ring (bicyclic) bond motifs is 1. The summed E-state index contributed by atoms with van der Waals surface area (Å²) in [4.78, 5) is 38.7. The van der Waals surface area contributed by atoms with E-state index in [0.29, 0.717) is 41.8 Å². The molecule has 0 aromatic heterocycles. The van der Waals surface area contributed by atoms with Crippen molar-refractivity contribution in [3.63, 3.8) is 0 Å². The van der Waals surface area contributed by atoms with Gasteiger partial charge in [0.1, 0.15) is 0 Å². The molecule has 0 saturated heterocycles. The number of nitrogens with zero attached hydrogens (tertiary/aromatic N) is 2. The Kier molecular flexibility index (Phi) is 6.87. The molecule has 0 radical (unpaired) electrons. The fourth-order valence-corrected chi connectivity index (χ4v) is 4.19. The van der Waals surface area contributed by atoms with Crippen LogP contribution in [0.3, 0.4) is 0 Å². The molecule has 8 nitrogen and oxygen atoms in total. The smallest absolute Gasteiger partial charge is 0.261 e. The van der Waals surface area contributed by atoms with Crippen molar-refractivity contribution in [3.8, 4) is 0 Å². The molecule has 1 aliphatic rings. The lowest BCUT2D eigenvalue weighted by Gasteiger charge is -2.16. The molecule has 2 aromatic carbocycles. The van der Waals surface area contributed by atoms with Crippen LogP contribution in [0.4, 0.5) is 0 Å². The van der Waals surface area contributed by atoms with Crippen LogP contribution < -0.4 is 5.32 Å². The topological polar surface area (TPSA) is 104 Å². The van der Waals surface area contributed by atoms with E-state index in [1.807, 2.05) is 0 Å². The van der Waals surface area contributed by atoms with Gasteiger partial charge in [-0.05, 0) is 43.2 Å². The summed E-state index contributed by atoms with van der Waals surface area (Å²) < 4.78 is 24.7. The van der Waals surface area contributed by atoms with Crippen LogP contribution in [0.5, 0.6) is 0 Å². The summed E-state index contributed by atoms with van der Waals surface area (Å²) in [5.74, 6) is -0.955. The molecule has 3 rings (SSSR count). The summed E-state index contributed by atoms with van der Waals surface area (Å²) in [7, 11) is -1.72. The zero-order valence-electron chi connectivity index (χ0n) is 17.5. The van der Waals surface area contributed by atoms with Crippen molar-refractivity contribution >= 4 is 27.7 Å². The molecule has 31 heavy (non-hydrogen) atoms. The number of amides is 3. The molecule has 3 amide bonds. The van der Waals surface area contributed by atoms with Crippen molar-refractivity contribution in [2.75, 3.05) is 25.9 Å². The van der Waals surface area contributed by atoms with Crippen LogP contribution in [0.15, 0.2) is 48.5 Å². The normalized spacial score (nSPS) is 13.6. The van der Waals surface area contributed by atoms with E-state index in [1.54, 1.807) is 55.5 Å². The SMILES string of the molecule is CCS(=O)(=O)N(C)CCCNC(=O)c1cccc(CN2C(=O)c3ccccc3C2=O)c1. The van der Waals surface area contributed by atoms with Crippen molar-refractivity contribution in [1.82, 2.24) is 14.5 Å². The monoisotopic (exact) mass is 443 g/mol. The Bertz CT molecular complexity index is 1080. The number of rotatable bonds is 9. The highest BCUT2D eigenvalue weighted by Gasteiger charge is 2.34. The molecule has 0 aliphatic carbocycles. The van der Waals surface area contributed by atoms with E-state index < -0.39 is 10.0 Å². The van der Waals surface area contributed by atoms with Gasteiger partial charge in [-0.15, -0.1) is 0 Å². The van der Waals surface area contributed by atoms with Crippen molar-refractivity contribution in [2.24, 2.45) is 0 Å². The highest BCUT2D eigenvalue weighted by Crippen LogP contribution is 2.24. The predicted octanol–water partition coefficient (Wildman–Crippen LogP) is 1.88. The first-order chi connectivity index (χ1) is 14.7. The zero-order valence-corrected chi connectivity index (χ0v) is 18.3. The van der Waals surface area contributed by atoms with E-state index in [9.17, 15) is 22.8 Å². The minimum atomic E-state index is -3.24. The third-order valence-corrected chi connectivity index (χ3v) is 7.04. The lowest BCUT2D eigenvalue weighted by molar-refractivity contribution is 0.0642. The van der Waals surface area contributed by atoms with E-state index in [2.05, 4.69) is 5.32 Å². The third kappa shape index (κ3) is 5.00. The summed E-state index contributed by atoms with van der Waals surface area (Å²) in [6.07, 6.45) is 0.482. The second-order valence-corrected chi connectivity index (χ2v) is 9.64. The third-order valence-electron chi connectivity index (χ3n) is 5.18. The van der Waals surface area contributed by atoms with Crippen LogP contribution in [-0.2, 0) is 16.6 Å². The molecule has 0 atom stereocenters. The lowest BCUT2D eigenvalue weighted by atomic mass is 10.1. The molecule has 2 aromatic rings. The number of hydrogen-bond acceptors (Lipinski definition) is 5. The van der Waals surface area contributed by atoms with E-state index >= 15 is 0 Å². The Morgan fingerprint density at radius 3 is 2.29 bits per heavy atom. The summed E-state index contributed by atoms with van der Waals surface area (Å²) in [6, 6.07) is 13.4. The summed E-state index contributed by atoms with van der Waals surface area (Å²) in [5, 5.41) is 2.77. The summed E-state index contributed by atoms with van der Waals surface area (Å²) in [5.41, 5.74) is 1.84. The number of carbonyl (C=O) groups is 3. The van der Waals surface area contributed by atoms with Crippen molar-refractivity contribution in [3.05, 3.63) is 70.8 Å². The number of benzene rings is 2. The van der Waals surface area contributed by atoms with Crippen molar-refractivity contribution < 1.29 is 22.8 Å². The summed E-state index contributed by atoms with van der Waals surface area (Å²) in [6.45, 7) is 2.30. The Hall–Kier alpha value is -3.04. The Balaban J connectivity index is 1.58. The maximum absolute atomic E-state index is 12.5. The van der Waals surface area contributed by atoms with Crippen LogP contribution >= 0.6 is 0 Å². The minimum Gasteiger partial charge on any atom is -0.352 e. The van der Waals surface area contributed by atoms with E-state index in [-0.39, 0.29) is 30.0 Å². The summed E-state index contributed by atoms with van der Waals surface area (Å²) >= 11 is 0. The highest BCUT2D eigenvalue weighted by atomic mass is 32.2. The molecule has 1 aliphatic heterocycles. The van der Waals surface area contributed by atoms with Gasteiger partial charge in [0, 0.05) is 25.7 Å². The second kappa shape index (κ2) is 9.40. The van der Waals surface area contributed by atoms with Crippen LogP contribution in [0, 0.1) is 0 Å². The van der Waals surface area contributed by atoms with Gasteiger partial charge in [-0.2, -0.15) is 0 Å². The average Bonchev–Trinajstić information content (AvgIpc) is 3.01. The Morgan fingerprint density at radius 1 is 1.03 bits per heavy atom. The highest BCUT2D eigenvalue weighted by molar-refractivity contribution is 7.89. The van der Waals surface area contributed by atoms with Crippen molar-refractivity contribution in [1.29, 1.82) is 0 Å². The largest absolute Gasteiger partial charge is 0.352 e. The van der Waals surface area contributed by atoms with Gasteiger partial charge >= 0.3 is 0 Å². The Labute approximate surface area is 181 Å². The van der Waals surface area contributed by atoms with Gasteiger partial charge in [0.15, 0.2) is 0 Å². The quantitative estimate of drug-likeness (QED) is 0.471. The molecule has 1 N–H and O–H groups in total. The molecule has 164 valence electrons. The van der Waals surface area contributed by atoms with Crippen LogP contribution in [0.1, 0.15) is 50.0 Å². The number of nitrogens with one attached hydrogen (secondary N) is 1. The number of hydrogen-bond donors (Lipinski definition) is 1. The molecule has 0 fully saturated rings.